The molecule has 1 aromatic heterocycles. The van der Waals surface area contributed by atoms with Gasteiger partial charge in [0.25, 0.3) is 11.2 Å². The van der Waals surface area contributed by atoms with Gasteiger partial charge in [0.05, 0.1) is 40.5 Å². The van der Waals surface area contributed by atoms with Crippen molar-refractivity contribution in [2.24, 2.45) is 4.99 Å². The third-order valence-corrected chi connectivity index (χ3v) is 8.74. The van der Waals surface area contributed by atoms with Crippen molar-refractivity contribution in [3.05, 3.63) is 125 Å². The first-order valence-electron chi connectivity index (χ1n) is 14.4. The highest BCUT2D eigenvalue weighted by Gasteiger charge is 2.35. The van der Waals surface area contributed by atoms with E-state index in [-0.39, 0.29) is 23.4 Å². The number of ether oxygens (including phenoxy) is 2. The second-order valence-electron chi connectivity index (χ2n) is 10.4. The number of carbonyl (C=O) groups excluding carboxylic acids is 1. The number of fused-ring (bicyclic) bond motifs is 1. The lowest BCUT2D eigenvalue weighted by molar-refractivity contribution is -0.384. The van der Waals surface area contributed by atoms with Crippen LogP contribution in [0.15, 0.2) is 88.2 Å². The molecule has 1 unspecified atom stereocenters. The summed E-state index contributed by atoms with van der Waals surface area (Å²) in [4.78, 5) is 46.6. The number of nitro benzene ring substituents is 1. The minimum Gasteiger partial charge on any atom is -0.497 e. The van der Waals surface area contributed by atoms with Gasteiger partial charge in [0.15, 0.2) is 4.80 Å². The van der Waals surface area contributed by atoms with Crippen molar-refractivity contribution < 1.29 is 19.2 Å². The molecule has 44 heavy (non-hydrogen) atoms. The third kappa shape index (κ3) is 5.42. The highest BCUT2D eigenvalue weighted by molar-refractivity contribution is 7.07. The SMILES string of the molecule is CCOC(=O)C1=C(c2ccccc2)N=c2s/c(=C/c3cc([N+](=O)[O-])ccc3N3CCCC3)c(=O)n2C1c1ccc(OC)cc1. The minimum absolute atomic E-state index is 0.0564. The van der Waals surface area contributed by atoms with Gasteiger partial charge in [-0.15, -0.1) is 0 Å². The van der Waals surface area contributed by atoms with Crippen LogP contribution in [0.25, 0.3) is 11.8 Å². The predicted octanol–water partition coefficient (Wildman–Crippen LogP) is 4.45. The van der Waals surface area contributed by atoms with E-state index in [0.717, 1.165) is 31.6 Å². The number of benzene rings is 3. The largest absolute Gasteiger partial charge is 0.497 e. The monoisotopic (exact) mass is 610 g/mol. The molecule has 0 aliphatic carbocycles. The molecule has 1 saturated heterocycles. The lowest BCUT2D eigenvalue weighted by atomic mass is 9.93. The van der Waals surface area contributed by atoms with E-state index in [2.05, 4.69) is 4.90 Å². The molecule has 3 aromatic carbocycles. The average molecular weight is 611 g/mol. The fourth-order valence-electron chi connectivity index (χ4n) is 5.70. The number of carbonyl (C=O) groups is 1. The first-order valence-corrected chi connectivity index (χ1v) is 15.2. The van der Waals surface area contributed by atoms with Crippen LogP contribution in [0.4, 0.5) is 11.4 Å². The van der Waals surface area contributed by atoms with Crippen molar-refractivity contribution in [2.75, 3.05) is 31.7 Å². The second-order valence-corrected chi connectivity index (χ2v) is 11.4. The minimum atomic E-state index is -0.836. The molecule has 2 aliphatic rings. The maximum absolute atomic E-state index is 14.3. The van der Waals surface area contributed by atoms with Crippen LogP contribution in [-0.4, -0.2) is 42.3 Å². The first-order chi connectivity index (χ1) is 21.4. The standard InChI is InChI=1S/C33H30N4O6S/c1-3-43-32(39)28-29(21-9-5-4-6-10-21)34-33-36(30(28)22-11-14-25(42-2)15-12-22)31(38)27(44-33)20-23-19-24(37(40)41)13-16-26(23)35-17-7-8-18-35/h4-6,9-16,19-20,30H,3,7-8,17-18H2,1-2H3/b27-20+. The lowest BCUT2D eigenvalue weighted by Crippen LogP contribution is -2.40. The Kier molecular flexibility index (Phi) is 8.12. The van der Waals surface area contributed by atoms with Gasteiger partial charge in [0, 0.05) is 42.0 Å². The molecular formula is C33H30N4O6S. The van der Waals surface area contributed by atoms with Crippen LogP contribution < -0.4 is 24.5 Å². The Balaban J connectivity index is 1.62. The molecule has 0 bridgehead atoms. The number of nitrogens with zero attached hydrogens (tertiary/aromatic N) is 4. The summed E-state index contributed by atoms with van der Waals surface area (Å²) in [6.45, 7) is 3.55. The summed E-state index contributed by atoms with van der Waals surface area (Å²) < 4.78 is 12.7. The molecule has 6 rings (SSSR count). The molecule has 0 N–H and O–H groups in total. The average Bonchev–Trinajstić information content (AvgIpc) is 3.69. The summed E-state index contributed by atoms with van der Waals surface area (Å²) in [6, 6.07) is 20.4. The van der Waals surface area contributed by atoms with E-state index < -0.39 is 16.9 Å². The van der Waals surface area contributed by atoms with Crippen LogP contribution in [-0.2, 0) is 9.53 Å². The summed E-state index contributed by atoms with van der Waals surface area (Å²) >= 11 is 1.18. The number of hydrogen-bond donors (Lipinski definition) is 0. The van der Waals surface area contributed by atoms with Crippen molar-refractivity contribution in [1.82, 2.24) is 4.57 Å². The topological polar surface area (TPSA) is 116 Å². The Bertz CT molecular complexity index is 1940. The molecule has 1 atom stereocenters. The Hall–Kier alpha value is -5.03. The van der Waals surface area contributed by atoms with Crippen molar-refractivity contribution in [2.45, 2.75) is 25.8 Å². The number of rotatable bonds is 8. The zero-order chi connectivity index (χ0) is 30.8. The zero-order valence-electron chi connectivity index (χ0n) is 24.3. The summed E-state index contributed by atoms with van der Waals surface area (Å²) in [6.07, 6.45) is 3.75. The van der Waals surface area contributed by atoms with Crippen LogP contribution >= 0.6 is 11.3 Å². The van der Waals surface area contributed by atoms with Gasteiger partial charge in [-0.25, -0.2) is 9.79 Å². The van der Waals surface area contributed by atoms with E-state index >= 15 is 0 Å². The summed E-state index contributed by atoms with van der Waals surface area (Å²) in [7, 11) is 1.57. The van der Waals surface area contributed by atoms with Crippen LogP contribution in [0.1, 0.15) is 42.5 Å². The van der Waals surface area contributed by atoms with Crippen molar-refractivity contribution in [1.29, 1.82) is 0 Å². The molecule has 0 radical (unpaired) electrons. The number of non-ortho nitro benzene ring substituents is 1. The number of hydrogen-bond acceptors (Lipinski definition) is 9. The quantitative estimate of drug-likeness (QED) is 0.164. The van der Waals surface area contributed by atoms with Gasteiger partial charge in [-0.2, -0.15) is 0 Å². The van der Waals surface area contributed by atoms with Gasteiger partial charge < -0.3 is 14.4 Å². The predicted molar refractivity (Wildman–Crippen MR) is 169 cm³/mol. The van der Waals surface area contributed by atoms with Crippen molar-refractivity contribution in [3.8, 4) is 5.75 Å². The smallest absolute Gasteiger partial charge is 0.338 e. The Morgan fingerprint density at radius 3 is 2.48 bits per heavy atom. The zero-order valence-corrected chi connectivity index (χ0v) is 25.1. The van der Waals surface area contributed by atoms with Gasteiger partial charge in [0.2, 0.25) is 0 Å². The van der Waals surface area contributed by atoms with E-state index in [1.807, 2.05) is 42.5 Å². The van der Waals surface area contributed by atoms with Crippen molar-refractivity contribution in [3.63, 3.8) is 0 Å². The fourth-order valence-corrected chi connectivity index (χ4v) is 6.69. The van der Waals surface area contributed by atoms with Gasteiger partial charge in [-0.1, -0.05) is 53.8 Å². The van der Waals surface area contributed by atoms with Gasteiger partial charge >= 0.3 is 5.97 Å². The Morgan fingerprint density at radius 2 is 1.82 bits per heavy atom. The molecule has 224 valence electrons. The number of esters is 1. The van der Waals surface area contributed by atoms with Gasteiger partial charge in [-0.3, -0.25) is 19.5 Å². The molecule has 0 spiro atoms. The molecule has 0 amide bonds. The normalized spacial score (nSPS) is 16.5. The molecule has 1 fully saturated rings. The van der Waals surface area contributed by atoms with Gasteiger partial charge in [0.1, 0.15) is 5.75 Å². The van der Waals surface area contributed by atoms with E-state index in [4.69, 9.17) is 14.5 Å². The Morgan fingerprint density at radius 1 is 1.09 bits per heavy atom. The maximum Gasteiger partial charge on any atom is 0.338 e. The number of anilines is 1. The summed E-state index contributed by atoms with van der Waals surface area (Å²) in [5.74, 6) is 0.0615. The molecule has 3 heterocycles. The molecule has 10 nitrogen and oxygen atoms in total. The number of nitro groups is 1. The van der Waals surface area contributed by atoms with Crippen LogP contribution in [0.2, 0.25) is 0 Å². The maximum atomic E-state index is 14.3. The Labute approximate surface area is 257 Å². The highest BCUT2D eigenvalue weighted by atomic mass is 32.1. The third-order valence-electron chi connectivity index (χ3n) is 7.76. The molecule has 2 aliphatic heterocycles. The van der Waals surface area contributed by atoms with E-state index in [1.165, 1.54) is 28.0 Å². The lowest BCUT2D eigenvalue weighted by Gasteiger charge is -2.26. The molecule has 4 aromatic rings. The second kappa shape index (κ2) is 12.3. The van der Waals surface area contributed by atoms with Crippen LogP contribution in [0, 0.1) is 10.1 Å². The molecule has 0 saturated carbocycles. The fraction of sp³-hybridized carbons (Fsp3) is 0.242. The van der Waals surface area contributed by atoms with E-state index in [1.54, 1.807) is 38.3 Å². The first kappa shape index (κ1) is 29.1. The number of methoxy groups -OCH3 is 1. The summed E-state index contributed by atoms with van der Waals surface area (Å²) in [5.41, 5.74) is 3.06. The van der Waals surface area contributed by atoms with Crippen LogP contribution in [0.3, 0.4) is 0 Å². The highest BCUT2D eigenvalue weighted by Crippen LogP contribution is 2.36. The van der Waals surface area contributed by atoms with Crippen LogP contribution in [0.5, 0.6) is 5.75 Å². The summed E-state index contributed by atoms with van der Waals surface area (Å²) in [5, 5.41) is 11.7. The number of aromatic nitrogens is 1. The van der Waals surface area contributed by atoms with Gasteiger partial charge in [-0.05, 0) is 49.6 Å². The molecule has 11 heteroatoms. The molecular weight excluding hydrogens is 580 g/mol. The van der Waals surface area contributed by atoms with Crippen molar-refractivity contribution >= 4 is 40.5 Å². The van der Waals surface area contributed by atoms with E-state index in [0.29, 0.717) is 37.5 Å². The van der Waals surface area contributed by atoms with E-state index in [9.17, 15) is 19.7 Å². The number of thiazole rings is 1.